The Morgan fingerprint density at radius 2 is 1.70 bits per heavy atom. The van der Waals surface area contributed by atoms with Crippen molar-refractivity contribution in [2.75, 3.05) is 26.2 Å². The van der Waals surface area contributed by atoms with Crippen LogP contribution >= 0.6 is 12.4 Å². The third-order valence-electron chi connectivity index (χ3n) is 3.53. The Hall–Kier alpha value is -0.780. The number of halogens is 4. The van der Waals surface area contributed by atoms with Crippen molar-refractivity contribution in [2.45, 2.75) is 25.6 Å². The van der Waals surface area contributed by atoms with Gasteiger partial charge in [-0.1, -0.05) is 31.2 Å². The standard InChI is InChI=1S/C14H19F3N2.ClH/c1-2-11-3-5-12(6-4-11)13(14(15,16)17)19-9-7-18-8-10-19;/h3-6,13,18H,2,7-10H2,1H3;1H/t13-;/m1./s1. The molecule has 1 saturated heterocycles. The highest BCUT2D eigenvalue weighted by Crippen LogP contribution is 2.37. The van der Waals surface area contributed by atoms with Gasteiger partial charge < -0.3 is 5.32 Å². The lowest BCUT2D eigenvalue weighted by Gasteiger charge is -2.36. The number of piperazine rings is 1. The van der Waals surface area contributed by atoms with E-state index in [-0.39, 0.29) is 12.4 Å². The molecule has 2 rings (SSSR count). The summed E-state index contributed by atoms with van der Waals surface area (Å²) in [6, 6.07) is 5.31. The molecule has 1 heterocycles. The molecule has 1 aliphatic rings. The van der Waals surface area contributed by atoms with Gasteiger partial charge in [0.05, 0.1) is 0 Å². The van der Waals surface area contributed by atoms with Crippen molar-refractivity contribution in [1.82, 2.24) is 10.2 Å². The van der Waals surface area contributed by atoms with Gasteiger partial charge in [0, 0.05) is 26.2 Å². The molecule has 0 bridgehead atoms. The van der Waals surface area contributed by atoms with Crippen LogP contribution in [0.25, 0.3) is 0 Å². The lowest BCUT2D eigenvalue weighted by atomic mass is 10.0. The molecule has 1 aliphatic heterocycles. The summed E-state index contributed by atoms with van der Waals surface area (Å²) in [5, 5.41) is 3.08. The lowest BCUT2D eigenvalue weighted by molar-refractivity contribution is -0.187. The second-order valence-electron chi connectivity index (χ2n) is 4.83. The predicted octanol–water partition coefficient (Wildman–Crippen LogP) is 3.18. The summed E-state index contributed by atoms with van der Waals surface area (Å²) in [7, 11) is 0. The van der Waals surface area contributed by atoms with E-state index in [0.717, 1.165) is 12.0 Å². The fourth-order valence-electron chi connectivity index (χ4n) is 2.48. The van der Waals surface area contributed by atoms with Crippen molar-refractivity contribution in [3.63, 3.8) is 0 Å². The van der Waals surface area contributed by atoms with Crippen LogP contribution in [-0.4, -0.2) is 37.3 Å². The molecule has 114 valence electrons. The van der Waals surface area contributed by atoms with Crippen LogP contribution in [0.1, 0.15) is 24.1 Å². The maximum atomic E-state index is 13.3. The van der Waals surface area contributed by atoms with E-state index < -0.39 is 12.2 Å². The zero-order valence-corrected chi connectivity index (χ0v) is 12.2. The number of aryl methyl sites for hydroxylation is 1. The van der Waals surface area contributed by atoms with E-state index in [1.54, 1.807) is 24.3 Å². The van der Waals surface area contributed by atoms with Crippen molar-refractivity contribution >= 4 is 12.4 Å². The molecule has 0 saturated carbocycles. The van der Waals surface area contributed by atoms with Crippen molar-refractivity contribution < 1.29 is 13.2 Å². The summed E-state index contributed by atoms with van der Waals surface area (Å²) >= 11 is 0. The van der Waals surface area contributed by atoms with E-state index in [1.807, 2.05) is 6.92 Å². The highest BCUT2D eigenvalue weighted by atomic mass is 35.5. The van der Waals surface area contributed by atoms with Crippen molar-refractivity contribution in [3.05, 3.63) is 35.4 Å². The molecule has 6 heteroatoms. The fourth-order valence-corrected chi connectivity index (χ4v) is 2.48. The summed E-state index contributed by atoms with van der Waals surface area (Å²) in [5.41, 5.74) is 1.40. The number of hydrogen-bond donors (Lipinski definition) is 1. The molecule has 0 aromatic heterocycles. The van der Waals surface area contributed by atoms with Gasteiger partial charge in [-0.15, -0.1) is 12.4 Å². The second-order valence-corrected chi connectivity index (χ2v) is 4.83. The van der Waals surface area contributed by atoms with Crippen LogP contribution in [0.5, 0.6) is 0 Å². The van der Waals surface area contributed by atoms with Gasteiger partial charge in [0.1, 0.15) is 6.04 Å². The molecule has 0 unspecified atom stereocenters. The summed E-state index contributed by atoms with van der Waals surface area (Å²) in [6.07, 6.45) is -3.39. The Balaban J connectivity index is 0.00000200. The smallest absolute Gasteiger partial charge is 0.314 e. The first-order valence-corrected chi connectivity index (χ1v) is 6.62. The topological polar surface area (TPSA) is 15.3 Å². The Morgan fingerprint density at radius 1 is 1.15 bits per heavy atom. The summed E-state index contributed by atoms with van der Waals surface area (Å²) in [4.78, 5) is 1.51. The molecule has 0 amide bonds. The Kier molecular flexibility index (Phi) is 6.30. The van der Waals surface area contributed by atoms with Gasteiger partial charge in [0.2, 0.25) is 0 Å². The lowest BCUT2D eigenvalue weighted by Crippen LogP contribution is -2.49. The van der Waals surface area contributed by atoms with Gasteiger partial charge in [-0.05, 0) is 17.5 Å². The first-order chi connectivity index (χ1) is 9.02. The van der Waals surface area contributed by atoms with E-state index in [0.29, 0.717) is 31.7 Å². The number of rotatable bonds is 3. The zero-order valence-electron chi connectivity index (χ0n) is 11.4. The summed E-state index contributed by atoms with van der Waals surface area (Å²) in [6.45, 7) is 4.07. The Labute approximate surface area is 123 Å². The second kappa shape index (κ2) is 7.29. The Bertz CT molecular complexity index is 400. The maximum Gasteiger partial charge on any atom is 0.408 e. The molecule has 20 heavy (non-hydrogen) atoms. The average molecular weight is 309 g/mol. The van der Waals surface area contributed by atoms with E-state index in [1.165, 1.54) is 4.90 Å². The van der Waals surface area contributed by atoms with Gasteiger partial charge in [-0.25, -0.2) is 0 Å². The number of hydrogen-bond acceptors (Lipinski definition) is 2. The molecule has 0 radical (unpaired) electrons. The average Bonchev–Trinajstić information content (AvgIpc) is 2.39. The molecule has 1 N–H and O–H groups in total. The third kappa shape index (κ3) is 4.11. The fraction of sp³-hybridized carbons (Fsp3) is 0.571. The molecule has 0 aliphatic carbocycles. The summed E-state index contributed by atoms with van der Waals surface area (Å²) in [5.74, 6) is 0. The molecule has 1 fully saturated rings. The molecule has 1 aromatic carbocycles. The van der Waals surface area contributed by atoms with Crippen molar-refractivity contribution in [1.29, 1.82) is 0 Å². The van der Waals surface area contributed by atoms with Gasteiger partial charge in [0.15, 0.2) is 0 Å². The minimum Gasteiger partial charge on any atom is -0.314 e. The molecule has 0 spiro atoms. The number of nitrogens with one attached hydrogen (secondary N) is 1. The van der Waals surface area contributed by atoms with Crippen molar-refractivity contribution in [3.8, 4) is 0 Å². The number of benzene rings is 1. The van der Waals surface area contributed by atoms with Gasteiger partial charge in [-0.3, -0.25) is 4.90 Å². The molecular weight excluding hydrogens is 289 g/mol. The van der Waals surface area contributed by atoms with E-state index >= 15 is 0 Å². The molecule has 1 atom stereocenters. The monoisotopic (exact) mass is 308 g/mol. The largest absolute Gasteiger partial charge is 0.408 e. The van der Waals surface area contributed by atoms with Crippen LogP contribution in [0.2, 0.25) is 0 Å². The number of alkyl halides is 3. The predicted molar refractivity (Wildman–Crippen MR) is 76.3 cm³/mol. The van der Waals surface area contributed by atoms with Crippen LogP contribution in [-0.2, 0) is 6.42 Å². The highest BCUT2D eigenvalue weighted by molar-refractivity contribution is 5.85. The minimum atomic E-state index is -4.23. The van der Waals surface area contributed by atoms with Crippen LogP contribution in [0.4, 0.5) is 13.2 Å². The first-order valence-electron chi connectivity index (χ1n) is 6.62. The molecular formula is C14H20ClF3N2. The van der Waals surface area contributed by atoms with Gasteiger partial charge in [-0.2, -0.15) is 13.2 Å². The number of nitrogens with zero attached hydrogens (tertiary/aromatic N) is 1. The summed E-state index contributed by atoms with van der Waals surface area (Å²) < 4.78 is 39.9. The first kappa shape index (κ1) is 17.3. The maximum absolute atomic E-state index is 13.3. The quantitative estimate of drug-likeness (QED) is 0.922. The molecule has 1 aromatic rings. The van der Waals surface area contributed by atoms with Crippen LogP contribution in [0.3, 0.4) is 0 Å². The van der Waals surface area contributed by atoms with Gasteiger partial charge in [0.25, 0.3) is 0 Å². The Morgan fingerprint density at radius 3 is 2.15 bits per heavy atom. The van der Waals surface area contributed by atoms with Crippen molar-refractivity contribution in [2.24, 2.45) is 0 Å². The van der Waals surface area contributed by atoms with Crippen LogP contribution in [0.15, 0.2) is 24.3 Å². The normalized spacial score (nSPS) is 18.4. The van der Waals surface area contributed by atoms with E-state index in [2.05, 4.69) is 5.32 Å². The zero-order chi connectivity index (χ0) is 13.9. The van der Waals surface area contributed by atoms with E-state index in [4.69, 9.17) is 0 Å². The van der Waals surface area contributed by atoms with Crippen LogP contribution in [0, 0.1) is 0 Å². The highest BCUT2D eigenvalue weighted by Gasteiger charge is 2.44. The third-order valence-corrected chi connectivity index (χ3v) is 3.53. The van der Waals surface area contributed by atoms with Crippen LogP contribution < -0.4 is 5.32 Å². The minimum absolute atomic E-state index is 0. The van der Waals surface area contributed by atoms with E-state index in [9.17, 15) is 13.2 Å². The molecule has 2 nitrogen and oxygen atoms in total. The SMILES string of the molecule is CCc1ccc([C@@H](N2CCNCC2)C(F)(F)F)cc1.Cl. The van der Waals surface area contributed by atoms with Gasteiger partial charge >= 0.3 is 6.18 Å².